The number of carbonyl (C=O) groups is 1. The Morgan fingerprint density at radius 3 is 2.52 bits per heavy atom. The lowest BCUT2D eigenvalue weighted by Gasteiger charge is -2.40. The number of amides is 1. The van der Waals surface area contributed by atoms with Crippen molar-refractivity contribution in [2.45, 2.75) is 46.3 Å². The van der Waals surface area contributed by atoms with Crippen LogP contribution in [0.15, 0.2) is 12.1 Å². The second-order valence-electron chi connectivity index (χ2n) is 6.50. The second kappa shape index (κ2) is 5.87. The van der Waals surface area contributed by atoms with Crippen LogP contribution in [0.3, 0.4) is 0 Å². The second-order valence-corrected chi connectivity index (χ2v) is 6.50. The minimum Gasteiger partial charge on any atom is -0.444 e. The molecule has 2 rings (SSSR count). The Balaban J connectivity index is 1.99. The molecule has 0 aliphatic carbocycles. The molecular weight excluding hydrogens is 268 g/mol. The maximum absolute atomic E-state index is 12.1. The van der Waals surface area contributed by atoms with Crippen molar-refractivity contribution in [3.05, 3.63) is 17.8 Å². The molecule has 6 nitrogen and oxygen atoms in total. The molecule has 6 heteroatoms. The lowest BCUT2D eigenvalue weighted by Crippen LogP contribution is -2.54. The summed E-state index contributed by atoms with van der Waals surface area (Å²) in [6, 6.07) is 4.11. The molecule has 1 aromatic heterocycles. The maximum Gasteiger partial charge on any atom is 0.410 e. The predicted molar refractivity (Wildman–Crippen MR) is 81.4 cm³/mol. The van der Waals surface area contributed by atoms with Gasteiger partial charge < -0.3 is 14.5 Å². The van der Waals surface area contributed by atoms with Crippen LogP contribution in [-0.4, -0.2) is 52.5 Å². The Morgan fingerprint density at radius 2 is 2.00 bits per heavy atom. The number of hydrogen-bond donors (Lipinski definition) is 0. The summed E-state index contributed by atoms with van der Waals surface area (Å²) in [6.45, 7) is 11.6. The predicted octanol–water partition coefficient (Wildman–Crippen LogP) is 2.23. The van der Waals surface area contributed by atoms with E-state index in [-0.39, 0.29) is 12.1 Å². The first kappa shape index (κ1) is 15.5. The van der Waals surface area contributed by atoms with Gasteiger partial charge in [-0.2, -0.15) is 5.10 Å². The zero-order valence-electron chi connectivity index (χ0n) is 13.5. The molecule has 0 spiro atoms. The van der Waals surface area contributed by atoms with E-state index in [9.17, 15) is 4.79 Å². The molecule has 1 aliphatic rings. The highest BCUT2D eigenvalue weighted by molar-refractivity contribution is 5.68. The number of nitrogens with zero attached hydrogens (tertiary/aromatic N) is 4. The summed E-state index contributed by atoms with van der Waals surface area (Å²) in [5.41, 5.74) is 0.443. The molecule has 1 fully saturated rings. The van der Waals surface area contributed by atoms with Crippen molar-refractivity contribution in [1.82, 2.24) is 15.1 Å². The molecule has 1 saturated heterocycles. The van der Waals surface area contributed by atoms with Gasteiger partial charge in [-0.25, -0.2) is 4.79 Å². The SMILES string of the molecule is Cc1ccc(N2CCN(C(=O)OC(C)(C)C)CC2C)nn1. The van der Waals surface area contributed by atoms with Crippen molar-refractivity contribution in [2.24, 2.45) is 0 Å². The molecule has 0 radical (unpaired) electrons. The van der Waals surface area contributed by atoms with Gasteiger partial charge in [0.05, 0.1) is 5.69 Å². The fourth-order valence-electron chi connectivity index (χ4n) is 2.34. The van der Waals surface area contributed by atoms with Crippen LogP contribution >= 0.6 is 0 Å². The van der Waals surface area contributed by atoms with E-state index < -0.39 is 5.60 Å². The molecule has 2 heterocycles. The third-order valence-electron chi connectivity index (χ3n) is 3.36. The molecular formula is C15H24N4O2. The molecule has 0 bridgehead atoms. The van der Waals surface area contributed by atoms with Crippen LogP contribution in [0, 0.1) is 6.92 Å². The standard InChI is InChI=1S/C15H24N4O2/c1-11-6-7-13(17-16-11)19-9-8-18(10-12(19)2)14(20)21-15(3,4)5/h6-7,12H,8-10H2,1-5H3. The van der Waals surface area contributed by atoms with Gasteiger partial charge in [-0.3, -0.25) is 0 Å². The van der Waals surface area contributed by atoms with E-state index in [0.717, 1.165) is 18.1 Å². The molecule has 0 aromatic carbocycles. The Hall–Kier alpha value is -1.85. The van der Waals surface area contributed by atoms with Gasteiger partial charge in [0.1, 0.15) is 5.60 Å². The minimum absolute atomic E-state index is 0.184. The summed E-state index contributed by atoms with van der Waals surface area (Å²) in [6.07, 6.45) is -0.246. The van der Waals surface area contributed by atoms with Crippen molar-refractivity contribution < 1.29 is 9.53 Å². The number of aromatic nitrogens is 2. The first-order valence-electron chi connectivity index (χ1n) is 7.31. The Kier molecular flexibility index (Phi) is 4.34. The van der Waals surface area contributed by atoms with Crippen LogP contribution in [-0.2, 0) is 4.74 Å². The molecule has 1 aliphatic heterocycles. The summed E-state index contributed by atoms with van der Waals surface area (Å²) in [5.74, 6) is 0.858. The minimum atomic E-state index is -0.458. The van der Waals surface area contributed by atoms with Crippen LogP contribution in [0.2, 0.25) is 0 Å². The van der Waals surface area contributed by atoms with Crippen LogP contribution in [0.4, 0.5) is 10.6 Å². The monoisotopic (exact) mass is 292 g/mol. The number of rotatable bonds is 1. The Bertz CT molecular complexity index is 495. The van der Waals surface area contributed by atoms with E-state index in [1.54, 1.807) is 4.90 Å². The van der Waals surface area contributed by atoms with Gasteiger partial charge in [0.25, 0.3) is 0 Å². The molecule has 0 N–H and O–H groups in total. The lowest BCUT2D eigenvalue weighted by molar-refractivity contribution is 0.0218. The summed E-state index contributed by atoms with van der Waals surface area (Å²) in [4.78, 5) is 16.0. The van der Waals surface area contributed by atoms with Gasteiger partial charge in [0.2, 0.25) is 0 Å². The molecule has 0 saturated carbocycles. The number of piperazine rings is 1. The normalized spacial score (nSPS) is 19.6. The molecule has 1 atom stereocenters. The van der Waals surface area contributed by atoms with Gasteiger partial charge in [0, 0.05) is 25.7 Å². The van der Waals surface area contributed by atoms with Gasteiger partial charge >= 0.3 is 6.09 Å². The van der Waals surface area contributed by atoms with Gasteiger partial charge in [-0.15, -0.1) is 5.10 Å². The van der Waals surface area contributed by atoms with Gasteiger partial charge in [0.15, 0.2) is 5.82 Å². The van der Waals surface area contributed by atoms with Crippen LogP contribution < -0.4 is 4.90 Å². The molecule has 1 aromatic rings. The summed E-state index contributed by atoms with van der Waals surface area (Å²) >= 11 is 0. The smallest absolute Gasteiger partial charge is 0.410 e. The van der Waals surface area contributed by atoms with Crippen molar-refractivity contribution in [1.29, 1.82) is 0 Å². The molecule has 1 unspecified atom stereocenters. The maximum atomic E-state index is 12.1. The third-order valence-corrected chi connectivity index (χ3v) is 3.36. The average Bonchev–Trinajstić information content (AvgIpc) is 2.38. The summed E-state index contributed by atoms with van der Waals surface area (Å²) in [5, 5.41) is 8.32. The number of anilines is 1. The Labute approximate surface area is 126 Å². The Morgan fingerprint density at radius 1 is 1.29 bits per heavy atom. The highest BCUT2D eigenvalue weighted by Crippen LogP contribution is 2.19. The fraction of sp³-hybridized carbons (Fsp3) is 0.667. The van der Waals surface area contributed by atoms with Gasteiger partial charge in [-0.1, -0.05) is 0 Å². The lowest BCUT2D eigenvalue weighted by atomic mass is 10.2. The third kappa shape index (κ3) is 4.06. The topological polar surface area (TPSA) is 58.6 Å². The summed E-state index contributed by atoms with van der Waals surface area (Å²) in [7, 11) is 0. The van der Waals surface area contributed by atoms with E-state index in [4.69, 9.17) is 4.74 Å². The number of hydrogen-bond acceptors (Lipinski definition) is 5. The zero-order valence-corrected chi connectivity index (χ0v) is 13.5. The van der Waals surface area contributed by atoms with Crippen LogP contribution in [0.1, 0.15) is 33.4 Å². The quantitative estimate of drug-likeness (QED) is 0.794. The van der Waals surface area contributed by atoms with E-state index in [1.807, 2.05) is 39.8 Å². The molecule has 21 heavy (non-hydrogen) atoms. The largest absolute Gasteiger partial charge is 0.444 e. The van der Waals surface area contributed by atoms with E-state index in [2.05, 4.69) is 22.0 Å². The number of aryl methyl sites for hydroxylation is 1. The molecule has 116 valence electrons. The number of carbonyl (C=O) groups excluding carboxylic acids is 1. The average molecular weight is 292 g/mol. The first-order chi connectivity index (χ1) is 9.76. The highest BCUT2D eigenvalue weighted by atomic mass is 16.6. The van der Waals surface area contributed by atoms with Crippen molar-refractivity contribution >= 4 is 11.9 Å². The van der Waals surface area contributed by atoms with Crippen LogP contribution in [0.5, 0.6) is 0 Å². The highest BCUT2D eigenvalue weighted by Gasteiger charge is 2.30. The number of ether oxygens (including phenoxy) is 1. The van der Waals surface area contributed by atoms with Crippen LogP contribution in [0.25, 0.3) is 0 Å². The van der Waals surface area contributed by atoms with E-state index in [0.29, 0.717) is 13.1 Å². The van der Waals surface area contributed by atoms with Crippen molar-refractivity contribution in [3.63, 3.8) is 0 Å². The van der Waals surface area contributed by atoms with Crippen molar-refractivity contribution in [3.8, 4) is 0 Å². The van der Waals surface area contributed by atoms with E-state index in [1.165, 1.54) is 0 Å². The van der Waals surface area contributed by atoms with Crippen molar-refractivity contribution in [2.75, 3.05) is 24.5 Å². The van der Waals surface area contributed by atoms with Gasteiger partial charge in [-0.05, 0) is 46.8 Å². The molecule has 1 amide bonds. The first-order valence-corrected chi connectivity index (χ1v) is 7.31. The fourth-order valence-corrected chi connectivity index (χ4v) is 2.34. The van der Waals surface area contributed by atoms with E-state index >= 15 is 0 Å². The summed E-state index contributed by atoms with van der Waals surface area (Å²) < 4.78 is 5.42. The zero-order chi connectivity index (χ0) is 15.6.